The van der Waals surface area contributed by atoms with Crippen molar-refractivity contribution in [2.45, 2.75) is 32.6 Å². The van der Waals surface area contributed by atoms with Crippen molar-refractivity contribution in [3.8, 4) is 0 Å². The van der Waals surface area contributed by atoms with E-state index in [1.807, 2.05) is 0 Å². The molecule has 0 spiro atoms. The lowest BCUT2D eigenvalue weighted by molar-refractivity contribution is 0.0721. The van der Waals surface area contributed by atoms with Crippen molar-refractivity contribution in [1.82, 2.24) is 0 Å². The fourth-order valence-corrected chi connectivity index (χ4v) is 0.818. The number of hydrogen-bond acceptors (Lipinski definition) is 3. The molecule has 13 heavy (non-hydrogen) atoms. The summed E-state index contributed by atoms with van der Waals surface area (Å²) in [5.74, 6) is 0. The van der Waals surface area contributed by atoms with Crippen LogP contribution in [0, 0.1) is 0 Å². The molecule has 3 nitrogen and oxygen atoms in total. The summed E-state index contributed by atoms with van der Waals surface area (Å²) in [6, 6.07) is 0. The Morgan fingerprint density at radius 2 is 2.00 bits per heavy atom. The molecule has 0 heterocycles. The molecule has 0 atom stereocenters. The van der Waals surface area contributed by atoms with Crippen molar-refractivity contribution in [2.75, 3.05) is 13.7 Å². The highest BCUT2D eigenvalue weighted by atomic mass is 16.7. The summed E-state index contributed by atoms with van der Waals surface area (Å²) in [6.07, 6.45) is 7.78. The van der Waals surface area contributed by atoms with Crippen LogP contribution >= 0.6 is 0 Å². The number of allylic oxidation sites excluding steroid dienone is 2. The Hall–Kier alpha value is -0.990. The van der Waals surface area contributed by atoms with E-state index in [-0.39, 0.29) is 0 Å². The summed E-state index contributed by atoms with van der Waals surface area (Å²) < 4.78 is 9.02. The van der Waals surface area contributed by atoms with Crippen LogP contribution in [0.3, 0.4) is 0 Å². The van der Waals surface area contributed by atoms with Crippen molar-refractivity contribution >= 4 is 6.16 Å². The second-order valence-electron chi connectivity index (χ2n) is 2.70. The van der Waals surface area contributed by atoms with Gasteiger partial charge in [-0.1, -0.05) is 25.5 Å². The number of unbranched alkanes of at least 4 members (excludes halogenated alkanes) is 2. The van der Waals surface area contributed by atoms with Gasteiger partial charge in [0, 0.05) is 0 Å². The second kappa shape index (κ2) is 9.10. The summed E-state index contributed by atoms with van der Waals surface area (Å²) in [7, 11) is 1.31. The van der Waals surface area contributed by atoms with Crippen molar-refractivity contribution in [3.63, 3.8) is 0 Å². The highest BCUT2D eigenvalue weighted by molar-refractivity contribution is 5.59. The molecule has 0 aromatic heterocycles. The molecule has 3 heteroatoms. The summed E-state index contributed by atoms with van der Waals surface area (Å²) in [4.78, 5) is 10.5. The van der Waals surface area contributed by atoms with Crippen LogP contribution in [0.2, 0.25) is 0 Å². The zero-order valence-electron chi connectivity index (χ0n) is 8.41. The Balaban J connectivity index is 3.12. The molecule has 0 saturated carbocycles. The molecule has 0 rings (SSSR count). The lowest BCUT2D eigenvalue weighted by Crippen LogP contribution is -2.04. The summed E-state index contributed by atoms with van der Waals surface area (Å²) in [5.41, 5.74) is 0. The number of carbonyl (C=O) groups excluding carboxylic acids is 1. The van der Waals surface area contributed by atoms with Gasteiger partial charge in [0.1, 0.15) is 0 Å². The minimum atomic E-state index is -0.600. The molecular weight excluding hydrogens is 168 g/mol. The average molecular weight is 186 g/mol. The van der Waals surface area contributed by atoms with E-state index in [0.717, 1.165) is 19.3 Å². The lowest BCUT2D eigenvalue weighted by Gasteiger charge is -2.00. The maximum Gasteiger partial charge on any atom is 0.507 e. The Labute approximate surface area is 79.7 Å². The van der Waals surface area contributed by atoms with E-state index in [2.05, 4.69) is 23.8 Å². The maximum absolute atomic E-state index is 10.5. The third kappa shape index (κ3) is 8.92. The number of ether oxygens (including phenoxy) is 2. The molecule has 0 amide bonds. The van der Waals surface area contributed by atoms with Crippen LogP contribution in [0.1, 0.15) is 32.6 Å². The first kappa shape index (κ1) is 12.0. The minimum absolute atomic E-state index is 0.434. The first-order valence-electron chi connectivity index (χ1n) is 4.67. The van der Waals surface area contributed by atoms with Gasteiger partial charge >= 0.3 is 6.16 Å². The fourth-order valence-electron chi connectivity index (χ4n) is 0.818. The summed E-state index contributed by atoms with van der Waals surface area (Å²) in [5, 5.41) is 0. The lowest BCUT2D eigenvalue weighted by atomic mass is 10.2. The van der Waals surface area contributed by atoms with Gasteiger partial charge < -0.3 is 9.47 Å². The topological polar surface area (TPSA) is 35.5 Å². The van der Waals surface area contributed by atoms with Gasteiger partial charge in [-0.3, -0.25) is 0 Å². The standard InChI is InChI=1S/C10H18O3/c1-3-4-5-6-7-8-9-13-10(11)12-2/h5-6H,3-4,7-9H2,1-2H3/b6-5+. The van der Waals surface area contributed by atoms with Crippen molar-refractivity contribution in [2.24, 2.45) is 0 Å². The molecule has 0 N–H and O–H groups in total. The summed E-state index contributed by atoms with van der Waals surface area (Å²) in [6.45, 7) is 2.58. The molecule has 0 aliphatic rings. The molecule has 0 fully saturated rings. The Morgan fingerprint density at radius 1 is 1.31 bits per heavy atom. The molecule has 0 unspecified atom stereocenters. The maximum atomic E-state index is 10.5. The first-order chi connectivity index (χ1) is 6.31. The molecule has 0 aliphatic carbocycles. The van der Waals surface area contributed by atoms with E-state index in [0.29, 0.717) is 6.61 Å². The Kier molecular flexibility index (Phi) is 8.41. The molecule has 0 bridgehead atoms. The number of hydrogen-bond donors (Lipinski definition) is 0. The van der Waals surface area contributed by atoms with Crippen LogP contribution in [0.25, 0.3) is 0 Å². The monoisotopic (exact) mass is 186 g/mol. The molecular formula is C10H18O3. The van der Waals surface area contributed by atoms with Gasteiger partial charge in [-0.25, -0.2) is 4.79 Å². The van der Waals surface area contributed by atoms with Crippen molar-refractivity contribution in [3.05, 3.63) is 12.2 Å². The van der Waals surface area contributed by atoms with E-state index >= 15 is 0 Å². The number of methoxy groups -OCH3 is 1. The molecule has 76 valence electrons. The van der Waals surface area contributed by atoms with Crippen molar-refractivity contribution in [1.29, 1.82) is 0 Å². The molecule has 0 radical (unpaired) electrons. The zero-order valence-corrected chi connectivity index (χ0v) is 8.41. The number of carbonyl (C=O) groups is 1. The average Bonchev–Trinajstić information content (AvgIpc) is 2.16. The fraction of sp³-hybridized carbons (Fsp3) is 0.700. The Morgan fingerprint density at radius 3 is 2.62 bits per heavy atom. The van der Waals surface area contributed by atoms with Gasteiger partial charge in [0.25, 0.3) is 0 Å². The van der Waals surface area contributed by atoms with Crippen LogP contribution in [-0.4, -0.2) is 19.9 Å². The first-order valence-corrected chi connectivity index (χ1v) is 4.67. The normalized spacial score (nSPS) is 10.3. The minimum Gasteiger partial charge on any atom is -0.438 e. The van der Waals surface area contributed by atoms with Gasteiger partial charge in [-0.2, -0.15) is 0 Å². The van der Waals surface area contributed by atoms with Crippen LogP contribution in [0.4, 0.5) is 4.79 Å². The third-order valence-corrected chi connectivity index (χ3v) is 1.52. The van der Waals surface area contributed by atoms with Gasteiger partial charge in [-0.05, 0) is 19.3 Å². The highest BCUT2D eigenvalue weighted by Gasteiger charge is 1.97. The largest absolute Gasteiger partial charge is 0.507 e. The highest BCUT2D eigenvalue weighted by Crippen LogP contribution is 1.96. The molecule has 0 aromatic rings. The molecule has 0 aliphatic heterocycles. The van der Waals surface area contributed by atoms with E-state index in [1.54, 1.807) is 0 Å². The third-order valence-electron chi connectivity index (χ3n) is 1.52. The smallest absolute Gasteiger partial charge is 0.438 e. The number of rotatable bonds is 6. The van der Waals surface area contributed by atoms with E-state index in [9.17, 15) is 4.79 Å². The molecule has 0 aromatic carbocycles. The predicted octanol–water partition coefficient (Wildman–Crippen LogP) is 2.91. The van der Waals surface area contributed by atoms with Gasteiger partial charge in [0.2, 0.25) is 0 Å². The van der Waals surface area contributed by atoms with E-state index in [1.165, 1.54) is 13.5 Å². The SMILES string of the molecule is CCC/C=C/CCCOC(=O)OC. The van der Waals surface area contributed by atoms with Crippen LogP contribution in [-0.2, 0) is 9.47 Å². The van der Waals surface area contributed by atoms with Crippen LogP contribution in [0.5, 0.6) is 0 Å². The van der Waals surface area contributed by atoms with Gasteiger partial charge in [0.15, 0.2) is 0 Å². The van der Waals surface area contributed by atoms with Crippen LogP contribution < -0.4 is 0 Å². The van der Waals surface area contributed by atoms with E-state index in [4.69, 9.17) is 4.74 Å². The van der Waals surface area contributed by atoms with Crippen molar-refractivity contribution < 1.29 is 14.3 Å². The quantitative estimate of drug-likeness (QED) is 0.363. The van der Waals surface area contributed by atoms with Crippen LogP contribution in [0.15, 0.2) is 12.2 Å². The Bertz CT molecular complexity index is 152. The van der Waals surface area contributed by atoms with Gasteiger partial charge in [-0.15, -0.1) is 0 Å². The zero-order chi connectivity index (χ0) is 9.94. The van der Waals surface area contributed by atoms with Gasteiger partial charge in [0.05, 0.1) is 13.7 Å². The molecule has 0 saturated heterocycles. The van der Waals surface area contributed by atoms with E-state index < -0.39 is 6.16 Å². The second-order valence-corrected chi connectivity index (χ2v) is 2.70. The summed E-state index contributed by atoms with van der Waals surface area (Å²) >= 11 is 0. The predicted molar refractivity (Wildman–Crippen MR) is 51.6 cm³/mol.